The van der Waals surface area contributed by atoms with E-state index < -0.39 is 15.7 Å². The third-order valence-corrected chi connectivity index (χ3v) is 7.05. The second kappa shape index (κ2) is 8.55. The molecular weight excluding hydrogens is 429 g/mol. The molecule has 0 aliphatic carbocycles. The van der Waals surface area contributed by atoms with Gasteiger partial charge in [-0.15, -0.1) is 0 Å². The van der Waals surface area contributed by atoms with Gasteiger partial charge in [0.15, 0.2) is 9.84 Å². The summed E-state index contributed by atoms with van der Waals surface area (Å²) in [5.41, 5.74) is 9.57. The van der Waals surface area contributed by atoms with E-state index in [1.54, 1.807) is 30.3 Å². The molecule has 4 rings (SSSR count). The largest absolute Gasteiger partial charge is 0.399 e. The first-order valence-electron chi connectivity index (χ1n) is 10.0. The highest BCUT2D eigenvalue weighted by Crippen LogP contribution is 2.33. The number of anilines is 1. The number of hydrogen-bond donors (Lipinski definition) is 1. The number of halogens is 1. The maximum atomic E-state index is 13.1. The van der Waals surface area contributed by atoms with Gasteiger partial charge in [-0.2, -0.15) is 5.10 Å². The molecule has 0 bridgehead atoms. The first-order chi connectivity index (χ1) is 15.2. The van der Waals surface area contributed by atoms with E-state index in [1.807, 2.05) is 18.2 Å². The van der Waals surface area contributed by atoms with Crippen LogP contribution in [0.5, 0.6) is 0 Å². The summed E-state index contributed by atoms with van der Waals surface area (Å²) < 4.78 is 38.3. The number of hydrazone groups is 1. The van der Waals surface area contributed by atoms with Crippen LogP contribution in [0.4, 0.5) is 10.1 Å². The number of sulfone groups is 1. The van der Waals surface area contributed by atoms with Crippen LogP contribution in [0.15, 0.2) is 82.8 Å². The Morgan fingerprint density at radius 1 is 1.09 bits per heavy atom. The SMILES string of the molecule is CC(=O)N1N=C(c2ccc(CS(=O)(=O)c3ccc(F)cc3)cc2)CC1c1cccc(N)c1. The Morgan fingerprint density at radius 2 is 1.78 bits per heavy atom. The number of nitrogens with zero attached hydrogens (tertiary/aromatic N) is 2. The Kier molecular flexibility index (Phi) is 5.80. The number of rotatable bonds is 5. The lowest BCUT2D eigenvalue weighted by molar-refractivity contribution is -0.130. The average molecular weight is 452 g/mol. The molecule has 0 radical (unpaired) electrons. The van der Waals surface area contributed by atoms with Gasteiger partial charge < -0.3 is 5.73 Å². The molecule has 1 amide bonds. The van der Waals surface area contributed by atoms with E-state index in [1.165, 1.54) is 24.1 Å². The number of nitrogen functional groups attached to an aromatic ring is 1. The minimum absolute atomic E-state index is 0.0743. The van der Waals surface area contributed by atoms with Crippen molar-refractivity contribution in [1.29, 1.82) is 0 Å². The van der Waals surface area contributed by atoms with E-state index in [-0.39, 0.29) is 22.6 Å². The average Bonchev–Trinajstić information content (AvgIpc) is 3.20. The molecule has 8 heteroatoms. The molecule has 1 aliphatic rings. The van der Waals surface area contributed by atoms with Crippen molar-refractivity contribution < 1.29 is 17.6 Å². The topological polar surface area (TPSA) is 92.8 Å². The van der Waals surface area contributed by atoms with Crippen LogP contribution in [0, 0.1) is 5.82 Å². The summed E-state index contributed by atoms with van der Waals surface area (Å²) in [7, 11) is -3.59. The molecule has 0 saturated carbocycles. The van der Waals surface area contributed by atoms with Crippen LogP contribution >= 0.6 is 0 Å². The maximum absolute atomic E-state index is 13.1. The molecule has 6 nitrogen and oxygen atoms in total. The molecule has 0 fully saturated rings. The summed E-state index contributed by atoms with van der Waals surface area (Å²) in [6.07, 6.45) is 0.524. The van der Waals surface area contributed by atoms with E-state index >= 15 is 0 Å². The summed E-state index contributed by atoms with van der Waals surface area (Å²) in [6.45, 7) is 1.47. The van der Waals surface area contributed by atoms with Crippen molar-refractivity contribution in [3.63, 3.8) is 0 Å². The lowest BCUT2D eigenvalue weighted by Crippen LogP contribution is -2.24. The van der Waals surface area contributed by atoms with E-state index in [9.17, 15) is 17.6 Å². The van der Waals surface area contributed by atoms with Gasteiger partial charge in [0, 0.05) is 19.0 Å². The molecular formula is C24H22FN3O3S. The van der Waals surface area contributed by atoms with Gasteiger partial charge >= 0.3 is 0 Å². The van der Waals surface area contributed by atoms with Crippen molar-refractivity contribution in [3.8, 4) is 0 Å². The van der Waals surface area contributed by atoms with Crippen molar-refractivity contribution in [3.05, 3.63) is 95.3 Å². The van der Waals surface area contributed by atoms with Gasteiger partial charge in [-0.3, -0.25) is 4.79 Å². The minimum Gasteiger partial charge on any atom is -0.399 e. The highest BCUT2D eigenvalue weighted by Gasteiger charge is 2.31. The fourth-order valence-electron chi connectivity index (χ4n) is 3.74. The van der Waals surface area contributed by atoms with Crippen LogP contribution < -0.4 is 5.73 Å². The minimum atomic E-state index is -3.59. The predicted molar refractivity (Wildman–Crippen MR) is 121 cm³/mol. The van der Waals surface area contributed by atoms with Gasteiger partial charge in [-0.1, -0.05) is 36.4 Å². The van der Waals surface area contributed by atoms with E-state index in [0.717, 1.165) is 29.0 Å². The Labute approximate surface area is 186 Å². The van der Waals surface area contributed by atoms with Crippen LogP contribution in [-0.2, 0) is 20.4 Å². The number of carbonyl (C=O) groups is 1. The van der Waals surface area contributed by atoms with E-state index in [0.29, 0.717) is 17.7 Å². The first-order valence-corrected chi connectivity index (χ1v) is 11.7. The van der Waals surface area contributed by atoms with Crippen LogP contribution in [0.2, 0.25) is 0 Å². The molecule has 1 unspecified atom stereocenters. The second-order valence-corrected chi connectivity index (χ2v) is 9.70. The number of hydrogen-bond acceptors (Lipinski definition) is 5. The fraction of sp³-hybridized carbons (Fsp3) is 0.167. The zero-order valence-corrected chi connectivity index (χ0v) is 18.2. The summed E-state index contributed by atoms with van der Waals surface area (Å²) in [6, 6.07) is 19.0. The lowest BCUT2D eigenvalue weighted by Gasteiger charge is -2.20. The summed E-state index contributed by atoms with van der Waals surface area (Å²) in [4.78, 5) is 12.2. The van der Waals surface area contributed by atoms with Gasteiger partial charge in [-0.05, 0) is 53.1 Å². The van der Waals surface area contributed by atoms with E-state index in [2.05, 4.69) is 5.10 Å². The Balaban J connectivity index is 1.54. The van der Waals surface area contributed by atoms with Crippen molar-refractivity contribution in [2.45, 2.75) is 30.0 Å². The number of amides is 1. The Morgan fingerprint density at radius 3 is 2.41 bits per heavy atom. The van der Waals surface area contributed by atoms with E-state index in [4.69, 9.17) is 5.73 Å². The normalized spacial score (nSPS) is 16.1. The monoisotopic (exact) mass is 451 g/mol. The predicted octanol–water partition coefficient (Wildman–Crippen LogP) is 4.08. The van der Waals surface area contributed by atoms with Gasteiger partial charge in [0.05, 0.1) is 22.4 Å². The number of benzene rings is 3. The lowest BCUT2D eigenvalue weighted by atomic mass is 9.97. The molecule has 1 atom stereocenters. The smallest absolute Gasteiger partial charge is 0.240 e. The summed E-state index contributed by atoms with van der Waals surface area (Å²) >= 11 is 0. The van der Waals surface area contributed by atoms with Crippen molar-refractivity contribution in [2.24, 2.45) is 5.10 Å². The zero-order valence-electron chi connectivity index (χ0n) is 17.4. The van der Waals surface area contributed by atoms with Gasteiger partial charge in [0.25, 0.3) is 0 Å². The van der Waals surface area contributed by atoms with Crippen LogP contribution in [0.25, 0.3) is 0 Å². The molecule has 1 aliphatic heterocycles. The molecule has 0 spiro atoms. The van der Waals surface area contributed by atoms with Gasteiger partial charge in [-0.25, -0.2) is 17.8 Å². The highest BCUT2D eigenvalue weighted by molar-refractivity contribution is 7.90. The third kappa shape index (κ3) is 4.55. The van der Waals surface area contributed by atoms with Crippen molar-refractivity contribution >= 4 is 27.1 Å². The quantitative estimate of drug-likeness (QED) is 0.467. The molecule has 164 valence electrons. The summed E-state index contributed by atoms with van der Waals surface area (Å²) in [5.74, 6) is -0.854. The molecule has 3 aromatic rings. The van der Waals surface area contributed by atoms with Crippen molar-refractivity contribution in [1.82, 2.24) is 5.01 Å². The standard InChI is InChI=1S/C24H22FN3O3S/c1-16(29)28-24(19-3-2-4-21(26)13-19)14-23(27-28)18-7-5-17(6-8-18)15-32(30,31)22-11-9-20(25)10-12-22/h2-13,24H,14-15,26H2,1H3. The molecule has 2 N–H and O–H groups in total. The molecule has 3 aromatic carbocycles. The van der Waals surface area contributed by atoms with Crippen LogP contribution in [-0.4, -0.2) is 25.0 Å². The number of carbonyl (C=O) groups excluding carboxylic acids is 1. The Bertz CT molecular complexity index is 1290. The summed E-state index contributed by atoms with van der Waals surface area (Å²) in [5, 5.41) is 5.97. The fourth-order valence-corrected chi connectivity index (χ4v) is 5.09. The van der Waals surface area contributed by atoms with Gasteiger partial charge in [0.1, 0.15) is 5.82 Å². The third-order valence-electron chi connectivity index (χ3n) is 5.35. The molecule has 0 saturated heterocycles. The Hall–Kier alpha value is -3.52. The second-order valence-electron chi connectivity index (χ2n) is 7.71. The molecule has 0 aromatic heterocycles. The van der Waals surface area contributed by atoms with Crippen LogP contribution in [0.1, 0.15) is 36.1 Å². The molecule has 32 heavy (non-hydrogen) atoms. The van der Waals surface area contributed by atoms with Gasteiger partial charge in [0.2, 0.25) is 5.91 Å². The van der Waals surface area contributed by atoms with Crippen molar-refractivity contribution in [2.75, 3.05) is 5.73 Å². The van der Waals surface area contributed by atoms with Crippen LogP contribution in [0.3, 0.4) is 0 Å². The first kappa shape index (κ1) is 21.7. The number of nitrogens with two attached hydrogens (primary N) is 1. The maximum Gasteiger partial charge on any atom is 0.240 e. The zero-order chi connectivity index (χ0) is 22.9. The highest BCUT2D eigenvalue weighted by atomic mass is 32.2. The molecule has 1 heterocycles.